The summed E-state index contributed by atoms with van der Waals surface area (Å²) in [5.41, 5.74) is 14.1. The molecule has 226 valence electrons. The second-order valence-corrected chi connectivity index (χ2v) is 14.2. The topological polar surface area (TPSA) is 4.93 Å². The first kappa shape index (κ1) is 27.9. The number of rotatable bonds is 3. The van der Waals surface area contributed by atoms with E-state index >= 15 is 0 Å². The minimum atomic E-state index is -0.0644. The fourth-order valence-electron chi connectivity index (χ4n) is 8.09. The van der Waals surface area contributed by atoms with Gasteiger partial charge in [0.25, 0.3) is 0 Å². The lowest BCUT2D eigenvalue weighted by molar-refractivity contribution is 0.299. The van der Waals surface area contributed by atoms with Crippen LogP contribution >= 0.6 is 0 Å². The largest absolute Gasteiger partial charge is 0.309 e. The highest BCUT2D eigenvalue weighted by Crippen LogP contribution is 2.56. The van der Waals surface area contributed by atoms with Crippen molar-refractivity contribution in [1.29, 1.82) is 0 Å². The molecule has 0 amide bonds. The third kappa shape index (κ3) is 4.02. The number of hydrogen-bond donors (Lipinski definition) is 0. The summed E-state index contributed by atoms with van der Waals surface area (Å²) in [6.45, 7) is 9.71. The quantitative estimate of drug-likeness (QED) is 0.189. The highest BCUT2D eigenvalue weighted by atomic mass is 15.0. The molecule has 1 aromatic heterocycles. The van der Waals surface area contributed by atoms with E-state index in [1.54, 1.807) is 0 Å². The molecule has 0 N–H and O–H groups in total. The Hall–Kier alpha value is -5.40. The summed E-state index contributed by atoms with van der Waals surface area (Å²) in [7, 11) is 0. The van der Waals surface area contributed by atoms with Gasteiger partial charge in [0.2, 0.25) is 0 Å². The van der Waals surface area contributed by atoms with Crippen LogP contribution in [0.2, 0.25) is 0 Å². The molecule has 0 unspecified atom stereocenters. The minimum absolute atomic E-state index is 0.0426. The predicted molar refractivity (Wildman–Crippen MR) is 201 cm³/mol. The maximum Gasteiger partial charge on any atom is 0.0547 e. The Morgan fingerprint density at radius 1 is 0.404 bits per heavy atom. The fourth-order valence-corrected chi connectivity index (χ4v) is 8.09. The Morgan fingerprint density at radius 2 is 1.02 bits per heavy atom. The van der Waals surface area contributed by atoms with Crippen molar-refractivity contribution in [2.75, 3.05) is 0 Å². The van der Waals surface area contributed by atoms with E-state index in [0.29, 0.717) is 0 Å². The normalized spacial score (nSPS) is 14.7. The third-order valence-electron chi connectivity index (χ3n) is 11.3. The van der Waals surface area contributed by atoms with Crippen LogP contribution in [0.4, 0.5) is 0 Å². The van der Waals surface area contributed by atoms with E-state index < -0.39 is 0 Å². The van der Waals surface area contributed by atoms with Crippen molar-refractivity contribution >= 4 is 32.6 Å². The molecule has 9 rings (SSSR count). The van der Waals surface area contributed by atoms with Gasteiger partial charge < -0.3 is 4.57 Å². The lowest BCUT2D eigenvalue weighted by atomic mass is 9.55. The molecule has 0 atom stereocenters. The standard InChI is InChI=1S/C46H37N/c1-45(2)40-26-23-32-15-8-9-18-36(32)44(40)39-29-43-38(28-41(39)46(45,3)4)37-19-10-11-20-42(37)47(43)35-24-21-31(22-25-35)34-17-12-16-33(27-34)30-13-6-5-7-14-30/h5-29H,1-4H3. The van der Waals surface area contributed by atoms with Crippen LogP contribution in [-0.4, -0.2) is 4.57 Å². The van der Waals surface area contributed by atoms with E-state index in [2.05, 4.69) is 184 Å². The van der Waals surface area contributed by atoms with Crippen molar-refractivity contribution in [2.24, 2.45) is 0 Å². The average Bonchev–Trinajstić information content (AvgIpc) is 3.44. The molecule has 1 aliphatic rings. The molecule has 0 spiro atoms. The van der Waals surface area contributed by atoms with Crippen molar-refractivity contribution in [3.63, 3.8) is 0 Å². The van der Waals surface area contributed by atoms with Crippen molar-refractivity contribution in [3.8, 4) is 39.1 Å². The van der Waals surface area contributed by atoms with Gasteiger partial charge in [-0.3, -0.25) is 0 Å². The van der Waals surface area contributed by atoms with Crippen molar-refractivity contribution in [3.05, 3.63) is 163 Å². The van der Waals surface area contributed by atoms with E-state index in [0.717, 1.165) is 0 Å². The minimum Gasteiger partial charge on any atom is -0.309 e. The van der Waals surface area contributed by atoms with E-state index in [1.807, 2.05) is 0 Å². The molecule has 0 bridgehead atoms. The van der Waals surface area contributed by atoms with Gasteiger partial charge in [0, 0.05) is 16.5 Å². The van der Waals surface area contributed by atoms with Crippen LogP contribution in [0.1, 0.15) is 38.8 Å². The first-order chi connectivity index (χ1) is 22.8. The monoisotopic (exact) mass is 603 g/mol. The zero-order valence-electron chi connectivity index (χ0n) is 27.4. The highest BCUT2D eigenvalue weighted by Gasteiger charge is 2.46. The molecule has 1 nitrogen and oxygen atoms in total. The molecule has 47 heavy (non-hydrogen) atoms. The number of nitrogens with zero attached hydrogens (tertiary/aromatic N) is 1. The number of aromatic nitrogens is 1. The second kappa shape index (κ2) is 10.0. The van der Waals surface area contributed by atoms with E-state index in [4.69, 9.17) is 0 Å². The lowest BCUT2D eigenvalue weighted by Gasteiger charge is -2.48. The van der Waals surface area contributed by atoms with Gasteiger partial charge in [-0.1, -0.05) is 143 Å². The van der Waals surface area contributed by atoms with E-state index in [1.165, 1.54) is 82.8 Å². The van der Waals surface area contributed by atoms with Crippen LogP contribution in [-0.2, 0) is 10.8 Å². The van der Waals surface area contributed by atoms with Gasteiger partial charge in [-0.05, 0) is 103 Å². The van der Waals surface area contributed by atoms with Gasteiger partial charge in [0.05, 0.1) is 11.0 Å². The molecule has 0 saturated heterocycles. The Bertz CT molecular complexity index is 2490. The number of benzene rings is 7. The van der Waals surface area contributed by atoms with E-state index in [-0.39, 0.29) is 10.8 Å². The summed E-state index contributed by atoms with van der Waals surface area (Å²) in [4.78, 5) is 0. The highest BCUT2D eigenvalue weighted by molar-refractivity contribution is 6.12. The van der Waals surface area contributed by atoms with Crippen LogP contribution in [0.3, 0.4) is 0 Å². The van der Waals surface area contributed by atoms with Crippen LogP contribution in [0.25, 0.3) is 71.6 Å². The van der Waals surface area contributed by atoms with Crippen LogP contribution in [0.5, 0.6) is 0 Å². The summed E-state index contributed by atoms with van der Waals surface area (Å²) in [5, 5.41) is 5.23. The van der Waals surface area contributed by atoms with Gasteiger partial charge in [0.15, 0.2) is 0 Å². The molecule has 0 saturated carbocycles. The Labute approximate surface area is 276 Å². The molecule has 1 heteroatoms. The van der Waals surface area contributed by atoms with Gasteiger partial charge in [-0.2, -0.15) is 0 Å². The fraction of sp³-hybridized carbons (Fsp3) is 0.130. The molecule has 0 radical (unpaired) electrons. The van der Waals surface area contributed by atoms with Gasteiger partial charge in [-0.15, -0.1) is 0 Å². The summed E-state index contributed by atoms with van der Waals surface area (Å²) >= 11 is 0. The molecular formula is C46H37N. The number of hydrogen-bond acceptors (Lipinski definition) is 0. The van der Waals surface area contributed by atoms with Crippen LogP contribution < -0.4 is 0 Å². The van der Waals surface area contributed by atoms with Crippen LogP contribution in [0, 0.1) is 0 Å². The maximum atomic E-state index is 2.51. The Kier molecular flexibility index (Phi) is 5.96. The van der Waals surface area contributed by atoms with Gasteiger partial charge >= 0.3 is 0 Å². The average molecular weight is 604 g/mol. The van der Waals surface area contributed by atoms with Crippen molar-refractivity contribution in [1.82, 2.24) is 4.57 Å². The molecule has 0 fully saturated rings. The van der Waals surface area contributed by atoms with Gasteiger partial charge in [0.1, 0.15) is 0 Å². The van der Waals surface area contributed by atoms with Crippen molar-refractivity contribution < 1.29 is 0 Å². The molecule has 1 heterocycles. The first-order valence-electron chi connectivity index (χ1n) is 16.7. The van der Waals surface area contributed by atoms with E-state index in [9.17, 15) is 0 Å². The zero-order chi connectivity index (χ0) is 31.9. The molecule has 0 aliphatic heterocycles. The zero-order valence-corrected chi connectivity index (χ0v) is 27.4. The Balaban J connectivity index is 1.26. The first-order valence-corrected chi connectivity index (χ1v) is 16.7. The lowest BCUT2D eigenvalue weighted by Crippen LogP contribution is -2.43. The second-order valence-electron chi connectivity index (χ2n) is 14.2. The van der Waals surface area contributed by atoms with Gasteiger partial charge in [-0.25, -0.2) is 0 Å². The number of para-hydroxylation sites is 1. The molecule has 8 aromatic rings. The summed E-state index contributed by atoms with van der Waals surface area (Å²) in [6.07, 6.45) is 0. The smallest absolute Gasteiger partial charge is 0.0547 e. The molecule has 1 aliphatic carbocycles. The third-order valence-corrected chi connectivity index (χ3v) is 11.3. The molecule has 7 aromatic carbocycles. The predicted octanol–water partition coefficient (Wildman–Crippen LogP) is 12.5. The summed E-state index contributed by atoms with van der Waals surface area (Å²) < 4.78 is 2.46. The van der Waals surface area contributed by atoms with Crippen LogP contribution in [0.15, 0.2) is 152 Å². The summed E-state index contributed by atoms with van der Waals surface area (Å²) in [6, 6.07) is 56.0. The maximum absolute atomic E-state index is 2.51. The number of fused-ring (bicyclic) bond motifs is 8. The molecular weight excluding hydrogens is 567 g/mol. The SMILES string of the molecule is CC1(C)c2cc3c4ccccc4n(-c4ccc(-c5cccc(-c6ccccc6)c5)cc4)c3cc2-c2c(ccc3ccccc23)C1(C)C. The van der Waals surface area contributed by atoms with Crippen molar-refractivity contribution in [2.45, 2.75) is 38.5 Å². The summed E-state index contributed by atoms with van der Waals surface area (Å²) in [5.74, 6) is 0. The Morgan fingerprint density at radius 3 is 1.79 bits per heavy atom.